The van der Waals surface area contributed by atoms with Gasteiger partial charge in [-0.1, -0.05) is 0 Å². The van der Waals surface area contributed by atoms with Crippen molar-refractivity contribution in [1.29, 1.82) is 0 Å². The van der Waals surface area contributed by atoms with E-state index < -0.39 is 33.0 Å². The Kier molecular flexibility index (Phi) is 2.97. The van der Waals surface area contributed by atoms with Crippen LogP contribution < -0.4 is 4.72 Å². The Balaban J connectivity index is 2.39. The molecule has 0 aromatic carbocycles. The summed E-state index contributed by atoms with van der Waals surface area (Å²) in [5, 5.41) is 9.68. The zero-order valence-corrected chi connectivity index (χ0v) is 11.1. The average molecular weight is 284 g/mol. The lowest BCUT2D eigenvalue weighted by Crippen LogP contribution is -2.32. The number of aliphatic hydroxyl groups excluding tert-OH is 1. The minimum Gasteiger partial charge on any atom is -0.501 e. The molecule has 102 valence electrons. The van der Waals surface area contributed by atoms with Crippen LogP contribution in [0.3, 0.4) is 0 Å². The molecule has 0 radical (unpaired) electrons. The molecule has 0 aliphatic carbocycles. The number of ketones is 1. The van der Waals surface area contributed by atoms with Crippen molar-refractivity contribution in [1.82, 2.24) is 9.71 Å². The fraction of sp³-hybridized carbons (Fsp3) is 0.273. The topological polar surface area (TPSA) is 106 Å². The number of nitrogens with zero attached hydrogens (tertiary/aromatic N) is 1. The molecule has 1 atom stereocenters. The molecule has 0 saturated heterocycles. The number of Topliss-reactive ketones (excluding diaryl/α,β-unsaturated/α-hetero) is 1. The van der Waals surface area contributed by atoms with Crippen LogP contribution in [0.5, 0.6) is 0 Å². The zero-order chi connectivity index (χ0) is 14.3. The summed E-state index contributed by atoms with van der Waals surface area (Å²) in [4.78, 5) is 15.9. The van der Waals surface area contributed by atoms with Gasteiger partial charge >= 0.3 is 0 Å². The van der Waals surface area contributed by atoms with E-state index in [0.717, 1.165) is 6.26 Å². The number of ether oxygens (including phenoxy) is 1. The summed E-state index contributed by atoms with van der Waals surface area (Å²) < 4.78 is 29.5. The van der Waals surface area contributed by atoms with E-state index in [1.165, 1.54) is 19.3 Å². The van der Waals surface area contributed by atoms with Gasteiger partial charge in [-0.2, -0.15) is 0 Å². The van der Waals surface area contributed by atoms with Crippen LogP contribution in [0.25, 0.3) is 0 Å². The number of aliphatic hydroxyl groups is 1. The highest BCUT2D eigenvalue weighted by Gasteiger charge is 2.48. The summed E-state index contributed by atoms with van der Waals surface area (Å²) in [6, 6.07) is 3.10. The van der Waals surface area contributed by atoms with Crippen molar-refractivity contribution in [2.24, 2.45) is 0 Å². The van der Waals surface area contributed by atoms with E-state index in [9.17, 15) is 18.3 Å². The van der Waals surface area contributed by atoms with Crippen molar-refractivity contribution in [3.63, 3.8) is 0 Å². The van der Waals surface area contributed by atoms with Crippen LogP contribution in [0.1, 0.15) is 12.5 Å². The summed E-state index contributed by atoms with van der Waals surface area (Å²) in [6.45, 7) is 1.44. The molecule has 1 aromatic heterocycles. The SMILES string of the molecule is CC1(c2ccncc2)OC(NS(C)(=O)=O)=C(O)C1=O. The first-order valence-corrected chi connectivity index (χ1v) is 7.18. The molecule has 1 unspecified atom stereocenters. The second kappa shape index (κ2) is 4.23. The number of hydrogen-bond donors (Lipinski definition) is 2. The lowest BCUT2D eigenvalue weighted by Gasteiger charge is -2.23. The third-order valence-electron chi connectivity index (χ3n) is 2.68. The molecule has 0 amide bonds. The van der Waals surface area contributed by atoms with Gasteiger partial charge in [-0.3, -0.25) is 14.5 Å². The first kappa shape index (κ1) is 13.3. The highest BCUT2D eigenvalue weighted by Crippen LogP contribution is 2.36. The molecule has 2 rings (SSSR count). The monoisotopic (exact) mass is 284 g/mol. The molecular weight excluding hydrogens is 272 g/mol. The van der Waals surface area contributed by atoms with Gasteiger partial charge in [-0.05, 0) is 19.1 Å². The molecule has 1 aromatic rings. The Hall–Kier alpha value is -2.09. The third-order valence-corrected chi connectivity index (χ3v) is 3.24. The number of rotatable bonds is 3. The molecule has 8 heteroatoms. The van der Waals surface area contributed by atoms with E-state index in [1.54, 1.807) is 12.1 Å². The predicted molar refractivity (Wildman–Crippen MR) is 65.3 cm³/mol. The summed E-state index contributed by atoms with van der Waals surface area (Å²) in [7, 11) is -3.65. The Labute approximate surface area is 110 Å². The lowest BCUT2D eigenvalue weighted by atomic mass is 9.92. The van der Waals surface area contributed by atoms with E-state index in [-0.39, 0.29) is 0 Å². The highest BCUT2D eigenvalue weighted by molar-refractivity contribution is 7.88. The third kappa shape index (κ3) is 2.39. The van der Waals surface area contributed by atoms with Crippen molar-refractivity contribution in [2.75, 3.05) is 6.26 Å². The van der Waals surface area contributed by atoms with Gasteiger partial charge in [0.2, 0.25) is 21.7 Å². The molecule has 2 N–H and O–H groups in total. The van der Waals surface area contributed by atoms with E-state index in [2.05, 4.69) is 4.98 Å². The molecule has 0 bridgehead atoms. The summed E-state index contributed by atoms with van der Waals surface area (Å²) >= 11 is 0. The first-order chi connectivity index (χ1) is 8.74. The minimum atomic E-state index is -3.65. The van der Waals surface area contributed by atoms with Crippen molar-refractivity contribution in [3.8, 4) is 0 Å². The molecule has 7 nitrogen and oxygen atoms in total. The van der Waals surface area contributed by atoms with Crippen LogP contribution in [-0.2, 0) is 25.2 Å². The Morgan fingerprint density at radius 3 is 2.47 bits per heavy atom. The maximum Gasteiger partial charge on any atom is 0.250 e. The van der Waals surface area contributed by atoms with Gasteiger partial charge in [0.1, 0.15) is 0 Å². The van der Waals surface area contributed by atoms with Gasteiger partial charge in [0.05, 0.1) is 6.26 Å². The van der Waals surface area contributed by atoms with Crippen LogP contribution >= 0.6 is 0 Å². The molecular formula is C11H12N2O5S. The predicted octanol–water partition coefficient (Wildman–Crippen LogP) is 0.172. The number of sulfonamides is 1. The fourth-order valence-electron chi connectivity index (χ4n) is 1.73. The van der Waals surface area contributed by atoms with Crippen LogP contribution in [0.4, 0.5) is 0 Å². The van der Waals surface area contributed by atoms with Crippen LogP contribution in [0.2, 0.25) is 0 Å². The lowest BCUT2D eigenvalue weighted by molar-refractivity contribution is -0.131. The molecule has 1 aliphatic heterocycles. The van der Waals surface area contributed by atoms with Crippen LogP contribution in [0, 0.1) is 0 Å². The quantitative estimate of drug-likeness (QED) is 0.819. The van der Waals surface area contributed by atoms with E-state index in [1.807, 2.05) is 4.72 Å². The van der Waals surface area contributed by atoms with E-state index in [4.69, 9.17) is 4.74 Å². The largest absolute Gasteiger partial charge is 0.501 e. The van der Waals surface area contributed by atoms with Gasteiger partial charge in [0, 0.05) is 18.0 Å². The first-order valence-electron chi connectivity index (χ1n) is 5.29. The average Bonchev–Trinajstić information content (AvgIpc) is 2.54. The number of hydrogen-bond acceptors (Lipinski definition) is 6. The Bertz CT molecular complexity index is 653. The number of carbonyl (C=O) groups excluding carboxylic acids is 1. The summed E-state index contributed by atoms with van der Waals surface area (Å²) in [6.07, 6.45) is 3.83. The molecule has 0 fully saturated rings. The second-order valence-corrected chi connectivity index (χ2v) is 6.00. The van der Waals surface area contributed by atoms with Gasteiger partial charge in [0.15, 0.2) is 5.60 Å². The number of pyridine rings is 1. The maximum atomic E-state index is 12.0. The molecule has 0 saturated carbocycles. The summed E-state index contributed by atoms with van der Waals surface area (Å²) in [5.41, 5.74) is -1.01. The second-order valence-electron chi connectivity index (χ2n) is 4.25. The van der Waals surface area contributed by atoms with Crippen molar-refractivity contribution >= 4 is 15.8 Å². The van der Waals surface area contributed by atoms with Crippen molar-refractivity contribution in [3.05, 3.63) is 41.7 Å². The van der Waals surface area contributed by atoms with Crippen LogP contribution in [0.15, 0.2) is 36.2 Å². The fourth-order valence-corrected chi connectivity index (χ4v) is 2.20. The minimum absolute atomic E-state index is 0.462. The summed E-state index contributed by atoms with van der Waals surface area (Å²) in [5.74, 6) is -1.93. The van der Waals surface area contributed by atoms with Crippen molar-refractivity contribution < 1.29 is 23.1 Å². The molecule has 1 aliphatic rings. The Morgan fingerprint density at radius 2 is 1.95 bits per heavy atom. The van der Waals surface area contributed by atoms with Gasteiger partial charge in [0.25, 0.3) is 5.78 Å². The van der Waals surface area contributed by atoms with Gasteiger partial charge in [-0.15, -0.1) is 0 Å². The number of aromatic nitrogens is 1. The molecule has 0 spiro atoms. The molecule has 2 heterocycles. The number of carbonyl (C=O) groups is 1. The van der Waals surface area contributed by atoms with E-state index in [0.29, 0.717) is 5.56 Å². The highest BCUT2D eigenvalue weighted by atomic mass is 32.2. The van der Waals surface area contributed by atoms with Gasteiger partial charge in [-0.25, -0.2) is 8.42 Å². The van der Waals surface area contributed by atoms with E-state index >= 15 is 0 Å². The number of nitrogens with one attached hydrogen (secondary N) is 1. The smallest absolute Gasteiger partial charge is 0.250 e. The van der Waals surface area contributed by atoms with Crippen molar-refractivity contribution in [2.45, 2.75) is 12.5 Å². The van der Waals surface area contributed by atoms with Crippen LogP contribution in [-0.4, -0.2) is 30.5 Å². The zero-order valence-electron chi connectivity index (χ0n) is 10.2. The normalized spacial score (nSPS) is 23.4. The maximum absolute atomic E-state index is 12.0. The standard InChI is InChI=1S/C11H12N2O5S/c1-11(7-3-5-12-6-4-7)9(15)8(14)10(18-11)13-19(2,16)17/h3-6,13-14H,1-2H3. The Morgan fingerprint density at radius 1 is 1.37 bits per heavy atom. The van der Waals surface area contributed by atoms with Gasteiger partial charge < -0.3 is 9.84 Å². The molecule has 19 heavy (non-hydrogen) atoms.